The van der Waals surface area contributed by atoms with Gasteiger partial charge in [0.05, 0.1) is 12.6 Å². The maximum atomic E-state index is 12.7. The summed E-state index contributed by atoms with van der Waals surface area (Å²) in [4.78, 5) is 72.3. The quantitative estimate of drug-likeness (QED) is 0.0666. The Labute approximate surface area is 230 Å². The van der Waals surface area contributed by atoms with Crippen molar-refractivity contribution in [1.29, 1.82) is 0 Å². The molecule has 1 aliphatic rings. The second-order valence-corrected chi connectivity index (χ2v) is 10.3. The molecule has 2 amide bonds. The molecule has 0 saturated carbocycles. The van der Waals surface area contributed by atoms with Crippen LogP contribution < -0.4 is 27.1 Å². The van der Waals surface area contributed by atoms with Gasteiger partial charge in [-0.15, -0.1) is 0 Å². The molecule has 19 nitrogen and oxygen atoms in total. The highest BCUT2D eigenvalue weighted by molar-refractivity contribution is 7.80. The molecular weight excluding hydrogens is 583 g/mol. The number of nitrogens with zero attached hydrogens (tertiary/aromatic N) is 2. The highest BCUT2D eigenvalue weighted by Gasteiger charge is 2.45. The van der Waals surface area contributed by atoms with Gasteiger partial charge in [0.25, 0.3) is 0 Å². The van der Waals surface area contributed by atoms with Gasteiger partial charge in [0, 0.05) is 18.4 Å². The van der Waals surface area contributed by atoms with Crippen molar-refractivity contribution in [3.8, 4) is 0 Å². The zero-order chi connectivity index (χ0) is 30.2. The fourth-order valence-electron chi connectivity index (χ4n) is 3.40. The number of carbonyl (C=O) groups excluding carboxylic acids is 2. The summed E-state index contributed by atoms with van der Waals surface area (Å²) >= 11 is 3.90. The van der Waals surface area contributed by atoms with Crippen molar-refractivity contribution in [3.05, 3.63) is 22.7 Å². The maximum Gasteiger partial charge on any atom is 0.403 e. The minimum atomic E-state index is -4.94. The number of thiol groups is 1. The number of aliphatic carboxylic acids is 2. The number of aromatic nitrogens is 2. The van der Waals surface area contributed by atoms with Crippen molar-refractivity contribution in [2.24, 2.45) is 0 Å². The van der Waals surface area contributed by atoms with Crippen molar-refractivity contribution >= 4 is 49.9 Å². The fraction of sp³-hybridized carbons (Fsp3) is 0.579. The highest BCUT2D eigenvalue weighted by atomic mass is 32.1. The molecule has 1 aromatic heterocycles. The zero-order valence-corrected chi connectivity index (χ0v) is 22.3. The third-order valence-corrected chi connectivity index (χ3v) is 6.89. The molecule has 224 valence electrons. The van der Waals surface area contributed by atoms with Crippen molar-refractivity contribution in [3.63, 3.8) is 0 Å². The number of nitrogen functional groups attached to an aromatic ring is 1. The molecule has 1 fully saturated rings. The van der Waals surface area contributed by atoms with Crippen molar-refractivity contribution in [2.45, 2.75) is 49.5 Å². The number of carbonyl (C=O) groups is 4. The lowest BCUT2D eigenvalue weighted by Gasteiger charge is -2.24. The van der Waals surface area contributed by atoms with E-state index < -0.39 is 99.8 Å². The Bertz CT molecular complexity index is 1200. The molecule has 0 radical (unpaired) electrons. The molecule has 0 bridgehead atoms. The van der Waals surface area contributed by atoms with E-state index in [1.165, 1.54) is 6.07 Å². The molecule has 1 unspecified atom stereocenters. The van der Waals surface area contributed by atoms with Gasteiger partial charge < -0.3 is 46.4 Å². The number of rotatable bonds is 15. The number of carboxylic acid groups (broad SMARTS) is 2. The fourth-order valence-corrected chi connectivity index (χ4v) is 4.72. The standard InChI is InChI=1S/C19H29N6O13PS/c20-11-3-4-25(19(34)23-11)18-15(31)14(30)10(38-18)6-37-39(35,36)24-8(1-2-12(26)27)17(33)22-9(7-40)16(32)21-5-13(28)29/h3-4,8-10,14-15,18,30-31,40H,1-2,5-7H2,(H,21,32)(H,22,33)(H,26,27)(H,28,29)(H2,20,23,34)(H2,24,35,36)/t8-,9-,10+,14+,15+,18+/m0/s1. The third kappa shape index (κ3) is 9.52. The van der Waals surface area contributed by atoms with E-state index in [9.17, 15) is 43.6 Å². The molecule has 7 atom stereocenters. The number of hydrogen-bond acceptors (Lipinski definition) is 13. The maximum absolute atomic E-state index is 12.7. The Kier molecular flexibility index (Phi) is 12.0. The molecule has 10 N–H and O–H groups in total. The molecule has 1 aromatic rings. The lowest BCUT2D eigenvalue weighted by atomic mass is 10.1. The van der Waals surface area contributed by atoms with E-state index in [4.69, 9.17) is 25.2 Å². The van der Waals surface area contributed by atoms with Crippen molar-refractivity contribution in [2.75, 3.05) is 24.6 Å². The van der Waals surface area contributed by atoms with Crippen LogP contribution in [0.5, 0.6) is 0 Å². The van der Waals surface area contributed by atoms with Gasteiger partial charge in [-0.05, 0) is 12.5 Å². The Balaban J connectivity index is 2.07. The SMILES string of the molecule is Nc1ccn([C@@H]2O[C@H](COP(=O)(O)N[C@@H](CCC(=O)O)C(=O)N[C@@H](CS)C(=O)NCC(=O)O)[C@@H](O)[C@H]2O)c(=O)n1. The summed E-state index contributed by atoms with van der Waals surface area (Å²) in [5.74, 6) is -5.15. The van der Waals surface area contributed by atoms with Gasteiger partial charge >= 0.3 is 25.4 Å². The van der Waals surface area contributed by atoms with Crippen LogP contribution in [0.4, 0.5) is 5.82 Å². The predicted octanol–water partition coefficient (Wildman–Crippen LogP) is -4.00. The molecule has 40 heavy (non-hydrogen) atoms. The van der Waals surface area contributed by atoms with Gasteiger partial charge in [0.1, 0.15) is 36.7 Å². The van der Waals surface area contributed by atoms with Crippen LogP contribution in [0.25, 0.3) is 0 Å². The Morgan fingerprint density at radius 3 is 2.42 bits per heavy atom. The zero-order valence-electron chi connectivity index (χ0n) is 20.5. The number of ether oxygens (including phenoxy) is 1. The molecule has 2 rings (SSSR count). The largest absolute Gasteiger partial charge is 0.481 e. The van der Waals surface area contributed by atoms with Crippen LogP contribution in [0, 0.1) is 0 Å². The molecular formula is C19H29N6O13PS. The summed E-state index contributed by atoms with van der Waals surface area (Å²) in [5, 5.41) is 44.4. The Hall–Kier alpha value is -3.10. The normalized spacial score (nSPS) is 23.5. The summed E-state index contributed by atoms with van der Waals surface area (Å²) in [7, 11) is -4.94. The van der Waals surface area contributed by atoms with Crippen LogP contribution in [-0.4, -0.2) is 108 Å². The van der Waals surface area contributed by atoms with Gasteiger partial charge in [-0.3, -0.25) is 28.3 Å². The molecule has 0 aromatic carbocycles. The van der Waals surface area contributed by atoms with Gasteiger partial charge in [-0.1, -0.05) is 0 Å². The first kappa shape index (κ1) is 33.1. The summed E-state index contributed by atoms with van der Waals surface area (Å²) in [5.41, 5.74) is 4.51. The van der Waals surface area contributed by atoms with E-state index >= 15 is 0 Å². The Morgan fingerprint density at radius 1 is 1.18 bits per heavy atom. The summed E-state index contributed by atoms with van der Waals surface area (Å²) in [6, 6.07) is -1.85. The van der Waals surface area contributed by atoms with E-state index in [2.05, 4.69) is 22.9 Å². The second-order valence-electron chi connectivity index (χ2n) is 8.37. The number of carboxylic acids is 2. The first-order chi connectivity index (χ1) is 18.6. The number of hydrogen-bond donors (Lipinski definition) is 10. The third-order valence-electron chi connectivity index (χ3n) is 5.39. The molecule has 0 spiro atoms. The minimum absolute atomic E-state index is 0.107. The van der Waals surface area contributed by atoms with E-state index in [0.29, 0.717) is 0 Å². The van der Waals surface area contributed by atoms with Crippen LogP contribution >= 0.6 is 20.4 Å². The first-order valence-corrected chi connectivity index (χ1v) is 13.6. The lowest BCUT2D eigenvalue weighted by Crippen LogP contribution is -2.53. The second kappa shape index (κ2) is 14.5. The summed E-state index contributed by atoms with van der Waals surface area (Å²) in [6.45, 7) is -1.59. The van der Waals surface area contributed by atoms with Gasteiger partial charge in [0.2, 0.25) is 11.8 Å². The van der Waals surface area contributed by atoms with Crippen LogP contribution in [0.1, 0.15) is 19.1 Å². The van der Waals surface area contributed by atoms with Crippen LogP contribution in [0.3, 0.4) is 0 Å². The number of nitrogens with one attached hydrogen (secondary N) is 3. The van der Waals surface area contributed by atoms with E-state index in [1.807, 2.05) is 10.4 Å². The predicted molar refractivity (Wildman–Crippen MR) is 135 cm³/mol. The van der Waals surface area contributed by atoms with Gasteiger partial charge in [-0.2, -0.15) is 17.6 Å². The Morgan fingerprint density at radius 2 is 1.85 bits per heavy atom. The molecule has 1 saturated heterocycles. The number of aliphatic hydroxyl groups is 2. The topological polar surface area (TPSA) is 302 Å². The van der Waals surface area contributed by atoms with Crippen molar-refractivity contribution < 1.29 is 58.3 Å². The first-order valence-electron chi connectivity index (χ1n) is 11.4. The van der Waals surface area contributed by atoms with Crippen molar-refractivity contribution in [1.82, 2.24) is 25.3 Å². The van der Waals surface area contributed by atoms with E-state index in [0.717, 1.165) is 10.8 Å². The average Bonchev–Trinajstić information content (AvgIpc) is 3.15. The average molecular weight is 613 g/mol. The van der Waals surface area contributed by atoms with Gasteiger partial charge in [0.15, 0.2) is 6.23 Å². The number of amides is 2. The number of aliphatic hydroxyl groups excluding tert-OH is 2. The molecule has 0 aliphatic carbocycles. The molecule has 2 heterocycles. The van der Waals surface area contributed by atoms with Crippen LogP contribution in [-0.2, 0) is 33.0 Å². The summed E-state index contributed by atoms with van der Waals surface area (Å²) in [6.07, 6.45) is -6.30. The highest BCUT2D eigenvalue weighted by Crippen LogP contribution is 2.40. The van der Waals surface area contributed by atoms with E-state index in [-0.39, 0.29) is 11.6 Å². The smallest absolute Gasteiger partial charge is 0.403 e. The number of nitrogens with two attached hydrogens (primary N) is 1. The van der Waals surface area contributed by atoms with Crippen LogP contribution in [0.15, 0.2) is 17.1 Å². The van der Waals surface area contributed by atoms with Gasteiger partial charge in [-0.25, -0.2) is 14.4 Å². The number of anilines is 1. The summed E-state index contributed by atoms with van der Waals surface area (Å²) < 4.78 is 23.8. The minimum Gasteiger partial charge on any atom is -0.481 e. The van der Waals surface area contributed by atoms with E-state index in [1.54, 1.807) is 0 Å². The van der Waals surface area contributed by atoms with Crippen LogP contribution in [0.2, 0.25) is 0 Å². The lowest BCUT2D eigenvalue weighted by molar-refractivity contribution is -0.138. The molecule has 1 aliphatic heterocycles. The monoisotopic (exact) mass is 612 g/mol. The molecule has 21 heteroatoms.